The van der Waals surface area contributed by atoms with Crippen LogP contribution in [0.2, 0.25) is 0 Å². The second-order valence-electron chi connectivity index (χ2n) is 19.3. The van der Waals surface area contributed by atoms with Crippen LogP contribution in [0, 0.1) is 11.8 Å². The second-order valence-corrected chi connectivity index (χ2v) is 19.3. The molecule has 4 bridgehead atoms. The Bertz CT molecular complexity index is 2850. The number of aromatic amines is 2. The molecule has 67 heavy (non-hydrogen) atoms. The van der Waals surface area contributed by atoms with Gasteiger partial charge in [-0.3, -0.25) is 9.59 Å². The topological polar surface area (TPSA) is 175 Å². The number of imidazole rings is 2. The molecule has 4 aliphatic carbocycles. The number of H-pyrrole nitrogens is 2. The van der Waals surface area contributed by atoms with Crippen molar-refractivity contribution in [1.29, 1.82) is 0 Å². The van der Waals surface area contributed by atoms with Crippen LogP contribution in [0.25, 0.3) is 44.3 Å². The number of alkyl carbamates (subject to hydrolysis) is 2. The standard InChI is InChI=1S/C53H62N8O6/c1-29(2)46(58-52(64)66-6)50(62)60-22-8-10-44(60)48-54-40-20-18-36(27-42(40)56-48)38-25-32-12-14-33-16-17-34(31(5)24-35(38)15-13-32)26-39(33)37-19-21-41-43(28-37)57-49(55-41)45-11-9-23-61(45)51(63)47(30(3)4)59-53(65)67-7/h13,15-21,25-31,44-47H,8-12,14,22-24H2,1-7H3,(H,54,56)(H,55,57)(H,58,64)(H,59,65)/t31-,44+,45+,46?,47?/m1/s1. The number of benzene rings is 4. The lowest BCUT2D eigenvalue weighted by Crippen LogP contribution is -2.51. The molecule has 6 aromatic rings. The van der Waals surface area contributed by atoms with Crippen LogP contribution in [0.5, 0.6) is 0 Å². The Labute approximate surface area is 391 Å². The molecule has 2 aromatic heterocycles. The predicted molar refractivity (Wildman–Crippen MR) is 258 cm³/mol. The lowest BCUT2D eigenvalue weighted by molar-refractivity contribution is -0.136. The van der Waals surface area contributed by atoms with E-state index in [2.05, 4.69) is 100 Å². The van der Waals surface area contributed by atoms with Crippen molar-refractivity contribution >= 4 is 46.1 Å². The zero-order chi connectivity index (χ0) is 47.1. The van der Waals surface area contributed by atoms with E-state index in [0.717, 1.165) is 89.8 Å². The van der Waals surface area contributed by atoms with Gasteiger partial charge in [-0.2, -0.15) is 0 Å². The third-order valence-corrected chi connectivity index (χ3v) is 14.2. The molecule has 5 atom stereocenters. The van der Waals surface area contributed by atoms with Crippen molar-refractivity contribution < 1.29 is 28.7 Å². The summed E-state index contributed by atoms with van der Waals surface area (Å²) in [5, 5.41) is 5.48. The monoisotopic (exact) mass is 906 g/mol. The molecule has 350 valence electrons. The Balaban J connectivity index is 0.958. The number of ether oxygens (including phenoxy) is 2. The summed E-state index contributed by atoms with van der Waals surface area (Å²) in [6, 6.07) is 24.9. The van der Waals surface area contributed by atoms with E-state index in [9.17, 15) is 19.2 Å². The van der Waals surface area contributed by atoms with Gasteiger partial charge in [-0.15, -0.1) is 0 Å². The van der Waals surface area contributed by atoms with Crippen molar-refractivity contribution in [2.24, 2.45) is 11.8 Å². The Morgan fingerprint density at radius 3 is 1.66 bits per heavy atom. The van der Waals surface area contributed by atoms with Gasteiger partial charge in [0, 0.05) is 13.1 Å². The fraction of sp³-hybridized carbons (Fsp3) is 0.434. The first kappa shape index (κ1) is 45.5. The van der Waals surface area contributed by atoms with Gasteiger partial charge in [0.2, 0.25) is 11.8 Å². The Hall–Kier alpha value is -6.70. The van der Waals surface area contributed by atoms with E-state index in [-0.39, 0.29) is 41.7 Å². The van der Waals surface area contributed by atoms with Crippen molar-refractivity contribution in [1.82, 2.24) is 40.4 Å². The molecule has 6 aliphatic rings. The van der Waals surface area contributed by atoms with Crippen LogP contribution < -0.4 is 10.6 Å². The minimum Gasteiger partial charge on any atom is -0.453 e. The average Bonchev–Trinajstić information content (AvgIpc) is 4.16. The van der Waals surface area contributed by atoms with E-state index >= 15 is 0 Å². The molecule has 4 N–H and O–H groups in total. The second kappa shape index (κ2) is 18.9. The minimum atomic E-state index is -0.694. The third kappa shape index (κ3) is 9.10. The highest BCUT2D eigenvalue weighted by Gasteiger charge is 2.39. The Morgan fingerprint density at radius 2 is 1.15 bits per heavy atom. The van der Waals surface area contributed by atoms with Gasteiger partial charge < -0.3 is 39.9 Å². The molecule has 2 fully saturated rings. The van der Waals surface area contributed by atoms with Gasteiger partial charge in [0.1, 0.15) is 23.7 Å². The zero-order valence-electron chi connectivity index (χ0n) is 39.6. The summed E-state index contributed by atoms with van der Waals surface area (Å²) in [5.74, 6) is 1.27. The molecule has 4 heterocycles. The van der Waals surface area contributed by atoms with Gasteiger partial charge in [-0.25, -0.2) is 19.6 Å². The number of hydrogen-bond acceptors (Lipinski definition) is 8. The fourth-order valence-corrected chi connectivity index (χ4v) is 10.4. The predicted octanol–water partition coefficient (Wildman–Crippen LogP) is 9.31. The average molecular weight is 907 g/mol. The number of hydrogen-bond donors (Lipinski definition) is 4. The summed E-state index contributed by atoms with van der Waals surface area (Å²) in [7, 11) is 2.61. The molecule has 2 aliphatic heterocycles. The highest BCUT2D eigenvalue weighted by molar-refractivity contribution is 5.89. The van der Waals surface area contributed by atoms with Crippen molar-refractivity contribution in [2.45, 2.75) is 110 Å². The lowest BCUT2D eigenvalue weighted by Gasteiger charge is -2.29. The van der Waals surface area contributed by atoms with E-state index in [1.54, 1.807) is 0 Å². The SMILES string of the molecule is COC(=O)NC(C(=O)N1CCC[C@H]1c1nc2ccc(-c3cc4ccc3CCc3ccc(c(-c5ccc6nc([C@@H]7CCCN7C(=O)C(NC(=O)OC)C(C)C)[nH]c6c5)c3)C[C@H]4C)cc2[nH]1)C(C)C. The van der Waals surface area contributed by atoms with Gasteiger partial charge in [0.05, 0.1) is 48.4 Å². The molecule has 2 unspecified atom stereocenters. The molecular formula is C53H62N8O6. The summed E-state index contributed by atoms with van der Waals surface area (Å²) >= 11 is 0. The number of aryl methyl sites for hydroxylation is 2. The maximum Gasteiger partial charge on any atom is 0.407 e. The van der Waals surface area contributed by atoms with E-state index < -0.39 is 24.3 Å². The molecule has 4 amide bonds. The number of fused-ring (bicyclic) bond motifs is 2. The number of methoxy groups -OCH3 is 2. The van der Waals surface area contributed by atoms with E-state index in [0.29, 0.717) is 13.1 Å². The molecule has 12 rings (SSSR count). The summed E-state index contributed by atoms with van der Waals surface area (Å²) in [6.45, 7) is 11.2. The number of carbonyl (C=O) groups excluding carboxylic acids is 4. The summed E-state index contributed by atoms with van der Waals surface area (Å²) in [5.41, 5.74) is 13.3. The van der Waals surface area contributed by atoms with Crippen LogP contribution >= 0.6 is 0 Å². The van der Waals surface area contributed by atoms with Gasteiger partial charge >= 0.3 is 12.2 Å². The first-order valence-electron chi connectivity index (χ1n) is 23.8. The molecule has 0 radical (unpaired) electrons. The number of rotatable bonds is 10. The molecular weight excluding hydrogens is 845 g/mol. The van der Waals surface area contributed by atoms with Crippen LogP contribution in [-0.2, 0) is 38.3 Å². The highest BCUT2D eigenvalue weighted by Crippen LogP contribution is 2.39. The molecule has 14 heteroatoms. The molecule has 0 spiro atoms. The largest absolute Gasteiger partial charge is 0.453 e. The maximum atomic E-state index is 13.8. The van der Waals surface area contributed by atoms with Gasteiger partial charge in [-0.1, -0.05) is 83.1 Å². The third-order valence-electron chi connectivity index (χ3n) is 14.2. The fourth-order valence-electron chi connectivity index (χ4n) is 10.4. The van der Waals surface area contributed by atoms with E-state index in [1.165, 1.54) is 47.6 Å². The van der Waals surface area contributed by atoms with Crippen LogP contribution in [-0.4, -0.2) is 93.1 Å². The van der Waals surface area contributed by atoms with Gasteiger partial charge in [0.25, 0.3) is 0 Å². The van der Waals surface area contributed by atoms with E-state index in [1.807, 2.05) is 37.5 Å². The normalized spacial score (nSPS) is 19.2. The number of nitrogens with zero attached hydrogens (tertiary/aromatic N) is 4. The Kier molecular flexibility index (Phi) is 12.8. The zero-order valence-corrected chi connectivity index (χ0v) is 39.6. The first-order valence-corrected chi connectivity index (χ1v) is 23.8. The Morgan fingerprint density at radius 1 is 0.642 bits per heavy atom. The highest BCUT2D eigenvalue weighted by atomic mass is 16.5. The summed E-state index contributed by atoms with van der Waals surface area (Å²) < 4.78 is 9.65. The first-order chi connectivity index (χ1) is 32.3. The van der Waals surface area contributed by atoms with Crippen molar-refractivity contribution in [3.8, 4) is 22.3 Å². The van der Waals surface area contributed by atoms with Crippen molar-refractivity contribution in [2.75, 3.05) is 27.3 Å². The molecule has 2 saturated heterocycles. The van der Waals surface area contributed by atoms with Gasteiger partial charge in [-0.05, 0) is 131 Å². The number of carbonyl (C=O) groups is 4. The molecule has 14 nitrogen and oxygen atoms in total. The van der Waals surface area contributed by atoms with Crippen molar-refractivity contribution in [3.05, 3.63) is 107 Å². The number of aromatic nitrogens is 4. The van der Waals surface area contributed by atoms with Crippen molar-refractivity contribution in [3.63, 3.8) is 0 Å². The lowest BCUT2D eigenvalue weighted by atomic mass is 9.84. The number of nitrogens with one attached hydrogen (secondary N) is 4. The smallest absolute Gasteiger partial charge is 0.407 e. The summed E-state index contributed by atoms with van der Waals surface area (Å²) in [6.07, 6.45) is 4.61. The molecule has 0 saturated carbocycles. The van der Waals surface area contributed by atoms with Crippen LogP contribution in [0.1, 0.15) is 112 Å². The van der Waals surface area contributed by atoms with E-state index in [4.69, 9.17) is 19.4 Å². The minimum absolute atomic E-state index is 0.111. The maximum absolute atomic E-state index is 13.8. The van der Waals surface area contributed by atoms with Crippen LogP contribution in [0.4, 0.5) is 9.59 Å². The van der Waals surface area contributed by atoms with Crippen LogP contribution in [0.3, 0.4) is 0 Å². The molecule has 4 aromatic carbocycles. The quantitative estimate of drug-likeness (QED) is 0.105. The number of likely N-dealkylation sites (tertiary alicyclic amines) is 2. The summed E-state index contributed by atoms with van der Waals surface area (Å²) in [4.78, 5) is 72.8. The number of amides is 4. The van der Waals surface area contributed by atoms with Gasteiger partial charge in [0.15, 0.2) is 0 Å². The van der Waals surface area contributed by atoms with Crippen LogP contribution in [0.15, 0.2) is 72.8 Å².